The van der Waals surface area contributed by atoms with E-state index in [9.17, 15) is 9.90 Å². The summed E-state index contributed by atoms with van der Waals surface area (Å²) < 4.78 is 0. The van der Waals surface area contributed by atoms with Gasteiger partial charge in [0.1, 0.15) is 0 Å². The molecule has 0 amide bonds. The van der Waals surface area contributed by atoms with Gasteiger partial charge in [-0.2, -0.15) is 0 Å². The highest BCUT2D eigenvalue weighted by atomic mass is 32.1. The van der Waals surface area contributed by atoms with Gasteiger partial charge < -0.3 is 10.0 Å². The first-order valence-electron chi connectivity index (χ1n) is 8.29. The third kappa shape index (κ3) is 3.77. The zero-order chi connectivity index (χ0) is 15.5. The zero-order valence-electron chi connectivity index (χ0n) is 13.3. The maximum atomic E-state index is 11.4. The molecule has 0 radical (unpaired) electrons. The number of aliphatic hydroxyl groups excluding tert-OH is 1. The van der Waals surface area contributed by atoms with Crippen molar-refractivity contribution < 1.29 is 9.90 Å². The van der Waals surface area contributed by atoms with Gasteiger partial charge in [-0.15, -0.1) is 11.3 Å². The van der Waals surface area contributed by atoms with Gasteiger partial charge in [-0.3, -0.25) is 9.69 Å². The Morgan fingerprint density at radius 2 is 2.00 bits per heavy atom. The number of aliphatic hydroxyl groups is 1. The van der Waals surface area contributed by atoms with Crippen LogP contribution in [0.1, 0.15) is 35.0 Å². The molecule has 3 heterocycles. The predicted octanol–water partition coefficient (Wildman–Crippen LogP) is 2.09. The molecule has 1 N–H and O–H groups in total. The summed E-state index contributed by atoms with van der Waals surface area (Å²) in [7, 11) is 0. The fourth-order valence-corrected chi connectivity index (χ4v) is 4.58. The van der Waals surface area contributed by atoms with E-state index in [2.05, 4.69) is 15.2 Å². The Kier molecular flexibility index (Phi) is 5.29. The molecular formula is C17H26N2O2S. The molecule has 1 aromatic rings. The van der Waals surface area contributed by atoms with Gasteiger partial charge in [0.2, 0.25) is 0 Å². The molecule has 1 aromatic heterocycles. The summed E-state index contributed by atoms with van der Waals surface area (Å²) in [6.45, 7) is 8.42. The van der Waals surface area contributed by atoms with Crippen molar-refractivity contribution in [2.24, 2.45) is 11.8 Å². The third-order valence-electron chi connectivity index (χ3n) is 4.98. The van der Waals surface area contributed by atoms with E-state index in [1.165, 1.54) is 31.5 Å². The fraction of sp³-hybridized carbons (Fsp3) is 0.706. The number of carbonyl (C=O) groups is 1. The number of nitrogens with zero attached hydrogens (tertiary/aromatic N) is 2. The molecule has 0 aliphatic carbocycles. The second kappa shape index (κ2) is 7.21. The summed E-state index contributed by atoms with van der Waals surface area (Å²) in [4.78, 5) is 17.2. The fourth-order valence-electron chi connectivity index (χ4n) is 3.78. The van der Waals surface area contributed by atoms with E-state index in [0.29, 0.717) is 11.8 Å². The van der Waals surface area contributed by atoms with E-state index < -0.39 is 0 Å². The maximum absolute atomic E-state index is 11.4. The van der Waals surface area contributed by atoms with Gasteiger partial charge in [0.05, 0.1) is 4.88 Å². The van der Waals surface area contributed by atoms with E-state index in [4.69, 9.17) is 0 Å². The van der Waals surface area contributed by atoms with Gasteiger partial charge in [-0.05, 0) is 61.7 Å². The molecule has 0 spiro atoms. The molecule has 2 saturated heterocycles. The van der Waals surface area contributed by atoms with Crippen LogP contribution in [0.3, 0.4) is 0 Å². The van der Waals surface area contributed by atoms with Crippen molar-refractivity contribution in [1.29, 1.82) is 0 Å². The molecule has 4 nitrogen and oxygen atoms in total. The van der Waals surface area contributed by atoms with Crippen molar-refractivity contribution in [3.63, 3.8) is 0 Å². The lowest BCUT2D eigenvalue weighted by atomic mass is 9.96. The number of ketones is 1. The van der Waals surface area contributed by atoms with Crippen LogP contribution < -0.4 is 0 Å². The standard InChI is InChI=1S/C17H26N2O2S/c1-13(21)17-6-14(12-22-17)7-19-9-15(16(10-19)11-20)8-18-4-2-3-5-18/h6,12,15-16,20H,2-5,7-11H2,1H3/t15-,16-/m1/s1. The minimum Gasteiger partial charge on any atom is -0.396 e. The molecule has 122 valence electrons. The number of carbonyl (C=O) groups excluding carboxylic acids is 1. The summed E-state index contributed by atoms with van der Waals surface area (Å²) in [5.41, 5.74) is 1.23. The Labute approximate surface area is 136 Å². The van der Waals surface area contributed by atoms with Crippen LogP contribution in [0.5, 0.6) is 0 Å². The molecule has 22 heavy (non-hydrogen) atoms. The highest BCUT2D eigenvalue weighted by Crippen LogP contribution is 2.27. The first-order chi connectivity index (χ1) is 10.7. The largest absolute Gasteiger partial charge is 0.396 e. The molecule has 2 fully saturated rings. The molecule has 0 unspecified atom stereocenters. The Morgan fingerprint density at radius 3 is 2.64 bits per heavy atom. The van der Waals surface area contributed by atoms with Crippen molar-refractivity contribution >= 4 is 17.1 Å². The van der Waals surface area contributed by atoms with Gasteiger partial charge in [-0.25, -0.2) is 0 Å². The SMILES string of the molecule is CC(=O)c1cc(CN2C[C@@H](CN3CCCC3)[C@@H](CO)C2)cs1. The van der Waals surface area contributed by atoms with Crippen molar-refractivity contribution in [3.8, 4) is 0 Å². The summed E-state index contributed by atoms with van der Waals surface area (Å²) in [6, 6.07) is 2.02. The smallest absolute Gasteiger partial charge is 0.169 e. The van der Waals surface area contributed by atoms with E-state index in [1.54, 1.807) is 18.3 Å². The predicted molar refractivity (Wildman–Crippen MR) is 89.3 cm³/mol. The lowest BCUT2D eigenvalue weighted by Crippen LogP contribution is -2.31. The van der Waals surface area contributed by atoms with Gasteiger partial charge in [0, 0.05) is 32.8 Å². The van der Waals surface area contributed by atoms with E-state index in [0.717, 1.165) is 31.1 Å². The number of likely N-dealkylation sites (tertiary alicyclic amines) is 2. The molecular weight excluding hydrogens is 296 g/mol. The van der Waals surface area contributed by atoms with Gasteiger partial charge in [0.25, 0.3) is 0 Å². The molecule has 0 aromatic carbocycles. The first kappa shape index (κ1) is 16.1. The number of rotatable bonds is 6. The summed E-state index contributed by atoms with van der Waals surface area (Å²) in [5, 5.41) is 11.8. The lowest BCUT2D eigenvalue weighted by Gasteiger charge is -2.23. The Bertz CT molecular complexity index is 511. The second-order valence-corrected chi connectivity index (χ2v) is 7.69. The number of hydrogen-bond acceptors (Lipinski definition) is 5. The molecule has 2 atom stereocenters. The van der Waals surface area contributed by atoms with Gasteiger partial charge >= 0.3 is 0 Å². The average Bonchev–Trinajstić information content (AvgIpc) is 3.20. The quantitative estimate of drug-likeness (QED) is 0.815. The second-order valence-electron chi connectivity index (χ2n) is 6.78. The van der Waals surface area contributed by atoms with Crippen LogP contribution in [0.15, 0.2) is 11.4 Å². The van der Waals surface area contributed by atoms with Crippen LogP contribution in [0.4, 0.5) is 0 Å². The van der Waals surface area contributed by atoms with E-state index >= 15 is 0 Å². The van der Waals surface area contributed by atoms with Crippen LogP contribution in [0, 0.1) is 11.8 Å². The van der Waals surface area contributed by atoms with Crippen molar-refractivity contribution in [2.75, 3.05) is 39.3 Å². The Hall–Kier alpha value is -0.750. The van der Waals surface area contributed by atoms with Crippen molar-refractivity contribution in [2.45, 2.75) is 26.3 Å². The van der Waals surface area contributed by atoms with E-state index in [1.807, 2.05) is 6.07 Å². The molecule has 0 bridgehead atoms. The van der Waals surface area contributed by atoms with Crippen LogP contribution in [-0.4, -0.2) is 60.0 Å². The van der Waals surface area contributed by atoms with Crippen LogP contribution >= 0.6 is 11.3 Å². The number of thiophene rings is 1. The van der Waals surface area contributed by atoms with Gasteiger partial charge in [-0.1, -0.05) is 0 Å². The Morgan fingerprint density at radius 1 is 1.27 bits per heavy atom. The van der Waals surface area contributed by atoms with Crippen LogP contribution in [0.25, 0.3) is 0 Å². The third-order valence-corrected chi connectivity index (χ3v) is 6.06. The van der Waals surface area contributed by atoms with Crippen molar-refractivity contribution in [3.05, 3.63) is 21.9 Å². The topological polar surface area (TPSA) is 43.8 Å². The first-order valence-corrected chi connectivity index (χ1v) is 9.17. The van der Waals surface area contributed by atoms with Crippen molar-refractivity contribution in [1.82, 2.24) is 9.80 Å². The number of hydrogen-bond donors (Lipinski definition) is 1. The van der Waals surface area contributed by atoms with E-state index in [-0.39, 0.29) is 12.4 Å². The lowest BCUT2D eigenvalue weighted by molar-refractivity contribution is 0.102. The normalized spacial score (nSPS) is 26.8. The Balaban J connectivity index is 1.56. The summed E-state index contributed by atoms with van der Waals surface area (Å²) in [5.74, 6) is 1.12. The molecule has 3 rings (SSSR count). The van der Waals surface area contributed by atoms with Gasteiger partial charge in [0.15, 0.2) is 5.78 Å². The van der Waals surface area contributed by atoms with Crippen LogP contribution in [-0.2, 0) is 6.54 Å². The molecule has 0 saturated carbocycles. The minimum absolute atomic E-state index is 0.151. The highest BCUT2D eigenvalue weighted by molar-refractivity contribution is 7.12. The summed E-state index contributed by atoms with van der Waals surface area (Å²) >= 11 is 1.54. The van der Waals surface area contributed by atoms with Crippen LogP contribution in [0.2, 0.25) is 0 Å². The summed E-state index contributed by atoms with van der Waals surface area (Å²) in [6.07, 6.45) is 2.64. The molecule has 5 heteroatoms. The monoisotopic (exact) mass is 322 g/mol. The maximum Gasteiger partial charge on any atom is 0.169 e. The minimum atomic E-state index is 0.151. The molecule has 2 aliphatic heterocycles. The molecule has 2 aliphatic rings. The number of Topliss-reactive ketones (excluding diaryl/α,β-unsaturated/α-hetero) is 1. The zero-order valence-corrected chi connectivity index (χ0v) is 14.1. The average molecular weight is 322 g/mol. The highest BCUT2D eigenvalue weighted by Gasteiger charge is 2.33.